The highest BCUT2D eigenvalue weighted by molar-refractivity contribution is 5.97. The quantitative estimate of drug-likeness (QED) is 0.283. The molecule has 39 heavy (non-hydrogen) atoms. The van der Waals surface area contributed by atoms with Gasteiger partial charge in [-0.15, -0.1) is 0 Å². The van der Waals surface area contributed by atoms with E-state index < -0.39 is 12.1 Å². The Kier molecular flexibility index (Phi) is 8.23. The first-order chi connectivity index (χ1) is 19.0. The molecule has 1 fully saturated rings. The number of rotatable bonds is 10. The van der Waals surface area contributed by atoms with E-state index in [1.807, 2.05) is 55.6 Å². The summed E-state index contributed by atoms with van der Waals surface area (Å²) >= 11 is 0. The molecule has 0 radical (unpaired) electrons. The zero-order chi connectivity index (χ0) is 27.2. The molecule has 0 unspecified atom stereocenters. The van der Waals surface area contributed by atoms with Crippen molar-refractivity contribution in [3.8, 4) is 0 Å². The van der Waals surface area contributed by atoms with Crippen LogP contribution in [-0.2, 0) is 22.6 Å². The lowest BCUT2D eigenvalue weighted by atomic mass is 9.96. The van der Waals surface area contributed by atoms with Crippen LogP contribution in [0.4, 0.5) is 11.4 Å². The Balaban J connectivity index is 1.35. The summed E-state index contributed by atoms with van der Waals surface area (Å²) in [6.45, 7) is 0.965. The minimum absolute atomic E-state index is 0.0361. The van der Waals surface area contributed by atoms with Crippen molar-refractivity contribution in [2.75, 3.05) is 18.5 Å². The molecule has 5 rings (SSSR count). The third-order valence-corrected chi connectivity index (χ3v) is 7.58. The van der Waals surface area contributed by atoms with Gasteiger partial charge in [-0.1, -0.05) is 72.8 Å². The number of carbonyl (C=O) groups is 2. The Morgan fingerprint density at radius 1 is 0.795 bits per heavy atom. The van der Waals surface area contributed by atoms with Crippen molar-refractivity contribution in [3.63, 3.8) is 0 Å². The number of amides is 2. The molecule has 3 N–H and O–H groups in total. The van der Waals surface area contributed by atoms with Gasteiger partial charge in [-0.2, -0.15) is 0 Å². The van der Waals surface area contributed by atoms with E-state index in [0.717, 1.165) is 46.1 Å². The maximum absolute atomic E-state index is 13.8. The lowest BCUT2D eigenvalue weighted by molar-refractivity contribution is -0.150. The van der Waals surface area contributed by atoms with E-state index in [0.29, 0.717) is 25.9 Å². The van der Waals surface area contributed by atoms with Crippen LogP contribution in [0.25, 0.3) is 10.8 Å². The normalized spacial score (nSPS) is 17.3. The Hall–Kier alpha value is -4.16. The van der Waals surface area contributed by atoms with Gasteiger partial charge in [0.1, 0.15) is 12.1 Å². The van der Waals surface area contributed by atoms with Crippen molar-refractivity contribution in [2.24, 2.45) is 5.73 Å². The van der Waals surface area contributed by atoms with Gasteiger partial charge in [0, 0.05) is 31.4 Å². The Morgan fingerprint density at radius 2 is 1.46 bits per heavy atom. The van der Waals surface area contributed by atoms with Gasteiger partial charge < -0.3 is 20.9 Å². The van der Waals surface area contributed by atoms with Crippen LogP contribution in [0.3, 0.4) is 0 Å². The zero-order valence-electron chi connectivity index (χ0n) is 22.4. The van der Waals surface area contributed by atoms with Crippen molar-refractivity contribution >= 4 is 34.0 Å². The number of hydrogen-bond acceptors (Lipinski definition) is 4. The molecular weight excluding hydrogens is 484 g/mol. The number of anilines is 2. The molecular formula is C33H36N4O2. The minimum Gasteiger partial charge on any atom is -0.345 e. The molecule has 6 heteroatoms. The molecule has 0 aromatic heterocycles. The van der Waals surface area contributed by atoms with E-state index >= 15 is 0 Å². The maximum Gasteiger partial charge on any atom is 0.246 e. The average molecular weight is 521 g/mol. The first kappa shape index (κ1) is 26.4. The molecule has 6 nitrogen and oxygen atoms in total. The summed E-state index contributed by atoms with van der Waals surface area (Å²) in [4.78, 5) is 31.0. The molecule has 2 atom stereocenters. The standard InChI is InChI=1S/C33H36N4O2/c1-36(28-11-3-2-4-12-28)29-18-15-24(16-19-29)23-37-31(13-7-8-20-34)32(38)35-30(33(37)39)22-25-14-17-26-9-5-6-10-27(26)21-25/h2-6,9-12,14-19,21,30-31H,7-8,13,20,22-23,34H2,1H3,(H,35,38)/t30-,31-/m0/s1. The maximum atomic E-state index is 13.8. The predicted octanol–water partition coefficient (Wildman–Crippen LogP) is 5.18. The number of unbranched alkanes of at least 4 members (excludes halogenated alkanes) is 1. The van der Waals surface area contributed by atoms with E-state index in [4.69, 9.17) is 5.73 Å². The van der Waals surface area contributed by atoms with Crippen molar-refractivity contribution in [1.82, 2.24) is 10.2 Å². The van der Waals surface area contributed by atoms with Crippen LogP contribution in [0.1, 0.15) is 30.4 Å². The summed E-state index contributed by atoms with van der Waals surface area (Å²) in [7, 11) is 2.04. The van der Waals surface area contributed by atoms with Gasteiger partial charge in [0.25, 0.3) is 0 Å². The highest BCUT2D eigenvalue weighted by Crippen LogP contribution is 2.26. The summed E-state index contributed by atoms with van der Waals surface area (Å²) in [6.07, 6.45) is 2.69. The third kappa shape index (κ3) is 6.13. The molecule has 2 amide bonds. The number of para-hydroxylation sites is 1. The van der Waals surface area contributed by atoms with E-state index in [2.05, 4.69) is 58.7 Å². The largest absolute Gasteiger partial charge is 0.345 e. The van der Waals surface area contributed by atoms with Crippen LogP contribution in [0, 0.1) is 0 Å². The van der Waals surface area contributed by atoms with E-state index in [1.54, 1.807) is 4.90 Å². The molecule has 0 bridgehead atoms. The minimum atomic E-state index is -0.590. The second kappa shape index (κ2) is 12.1. The second-order valence-electron chi connectivity index (χ2n) is 10.3. The molecule has 1 aliphatic heterocycles. The topological polar surface area (TPSA) is 78.7 Å². The number of benzene rings is 4. The first-order valence-corrected chi connectivity index (χ1v) is 13.7. The molecule has 1 saturated heterocycles. The summed E-state index contributed by atoms with van der Waals surface area (Å²) in [6, 6.07) is 31.7. The van der Waals surface area contributed by atoms with Crippen LogP contribution in [0.15, 0.2) is 97.1 Å². The molecule has 4 aromatic rings. The first-order valence-electron chi connectivity index (χ1n) is 13.7. The lowest BCUT2D eigenvalue weighted by Crippen LogP contribution is -2.63. The fraction of sp³-hybridized carbons (Fsp3) is 0.273. The van der Waals surface area contributed by atoms with Crippen molar-refractivity contribution in [3.05, 3.63) is 108 Å². The molecule has 4 aromatic carbocycles. The summed E-state index contributed by atoms with van der Waals surface area (Å²) in [5, 5.41) is 5.31. The lowest BCUT2D eigenvalue weighted by Gasteiger charge is -2.39. The number of piperazine rings is 1. The molecule has 0 saturated carbocycles. The van der Waals surface area contributed by atoms with Gasteiger partial charge in [0.2, 0.25) is 11.8 Å². The average Bonchev–Trinajstić information content (AvgIpc) is 2.97. The monoisotopic (exact) mass is 520 g/mol. The molecule has 200 valence electrons. The van der Waals surface area contributed by atoms with Gasteiger partial charge in [-0.05, 0) is 72.0 Å². The number of carbonyl (C=O) groups excluding carboxylic acids is 2. The summed E-state index contributed by atoms with van der Waals surface area (Å²) in [5.74, 6) is -0.121. The predicted molar refractivity (Wildman–Crippen MR) is 158 cm³/mol. The number of nitrogens with one attached hydrogen (secondary N) is 1. The van der Waals surface area contributed by atoms with Gasteiger partial charge in [0.05, 0.1) is 0 Å². The highest BCUT2D eigenvalue weighted by atomic mass is 16.2. The Labute approximate surface area is 230 Å². The van der Waals surface area contributed by atoms with Gasteiger partial charge in [0.15, 0.2) is 0 Å². The van der Waals surface area contributed by atoms with E-state index in [9.17, 15) is 9.59 Å². The van der Waals surface area contributed by atoms with Crippen molar-refractivity contribution < 1.29 is 9.59 Å². The van der Waals surface area contributed by atoms with Crippen LogP contribution in [-0.4, -0.2) is 42.4 Å². The second-order valence-corrected chi connectivity index (χ2v) is 10.3. The molecule has 1 heterocycles. The van der Waals surface area contributed by atoms with Gasteiger partial charge in [-0.3, -0.25) is 9.59 Å². The number of nitrogens with two attached hydrogens (primary N) is 1. The van der Waals surface area contributed by atoms with Crippen molar-refractivity contribution in [2.45, 2.75) is 44.3 Å². The smallest absolute Gasteiger partial charge is 0.246 e. The van der Waals surface area contributed by atoms with Crippen LogP contribution < -0.4 is 16.0 Å². The molecule has 1 aliphatic rings. The summed E-state index contributed by atoms with van der Waals surface area (Å²) < 4.78 is 0. The fourth-order valence-corrected chi connectivity index (χ4v) is 5.34. The number of hydrogen-bond donors (Lipinski definition) is 2. The number of fused-ring (bicyclic) bond motifs is 1. The van der Waals surface area contributed by atoms with E-state index in [1.165, 1.54) is 0 Å². The SMILES string of the molecule is CN(c1ccccc1)c1ccc(CN2C(=O)[C@H](Cc3ccc4ccccc4c3)NC(=O)[C@@H]2CCCCN)cc1. The highest BCUT2D eigenvalue weighted by Gasteiger charge is 2.40. The van der Waals surface area contributed by atoms with Crippen molar-refractivity contribution in [1.29, 1.82) is 0 Å². The molecule has 0 aliphatic carbocycles. The number of nitrogens with zero attached hydrogens (tertiary/aromatic N) is 2. The van der Waals surface area contributed by atoms with Gasteiger partial charge >= 0.3 is 0 Å². The zero-order valence-corrected chi connectivity index (χ0v) is 22.4. The Bertz CT molecular complexity index is 1420. The van der Waals surface area contributed by atoms with Crippen LogP contribution >= 0.6 is 0 Å². The van der Waals surface area contributed by atoms with Gasteiger partial charge in [-0.25, -0.2) is 0 Å². The van der Waals surface area contributed by atoms with Crippen LogP contribution in [0.5, 0.6) is 0 Å². The van der Waals surface area contributed by atoms with Crippen LogP contribution in [0.2, 0.25) is 0 Å². The molecule has 0 spiro atoms. The Morgan fingerprint density at radius 3 is 2.21 bits per heavy atom. The fourth-order valence-electron chi connectivity index (χ4n) is 5.34. The third-order valence-electron chi connectivity index (χ3n) is 7.58. The van der Waals surface area contributed by atoms with E-state index in [-0.39, 0.29) is 11.8 Å². The summed E-state index contributed by atoms with van der Waals surface area (Å²) in [5.41, 5.74) is 9.89.